The minimum atomic E-state index is -0.307. The third kappa shape index (κ3) is 4.43. The average molecular weight is 319 g/mol. The maximum atomic E-state index is 12.2. The van der Waals surface area contributed by atoms with Gasteiger partial charge in [0.05, 0.1) is 0 Å². The second kappa shape index (κ2) is 7.75. The molecule has 0 saturated heterocycles. The summed E-state index contributed by atoms with van der Waals surface area (Å²) in [5, 5.41) is 14.5. The van der Waals surface area contributed by atoms with Crippen LogP contribution in [0.25, 0.3) is 0 Å². The number of nitrogens with zero attached hydrogens (tertiary/aromatic N) is 2. The summed E-state index contributed by atoms with van der Waals surface area (Å²) in [5.41, 5.74) is 1.87. The third-order valence-electron chi connectivity index (χ3n) is 3.18. The molecule has 2 N–H and O–H groups in total. The molecule has 22 heavy (non-hydrogen) atoms. The van der Waals surface area contributed by atoms with E-state index < -0.39 is 0 Å². The molecule has 0 spiro atoms. The number of aryl methyl sites for hydroxylation is 1. The van der Waals surface area contributed by atoms with Crippen molar-refractivity contribution >= 4 is 29.0 Å². The summed E-state index contributed by atoms with van der Waals surface area (Å²) in [7, 11) is 0. The number of carbonyl (C=O) groups excluding carboxylic acids is 1. The number of halogens is 1. The van der Waals surface area contributed by atoms with Crippen LogP contribution < -0.4 is 10.6 Å². The van der Waals surface area contributed by atoms with Crippen molar-refractivity contribution in [2.24, 2.45) is 0 Å². The number of anilines is 2. The number of nitrogens with one attached hydrogen (secondary N) is 2. The Labute approximate surface area is 135 Å². The highest BCUT2D eigenvalue weighted by Crippen LogP contribution is 2.20. The molecule has 0 atom stereocenters. The number of carbonyl (C=O) groups is 1. The Morgan fingerprint density at radius 2 is 2.05 bits per heavy atom. The van der Waals surface area contributed by atoms with Crippen LogP contribution in [-0.4, -0.2) is 22.6 Å². The fourth-order valence-electron chi connectivity index (χ4n) is 1.86. The molecule has 0 unspecified atom stereocenters. The van der Waals surface area contributed by atoms with Crippen LogP contribution in [0.1, 0.15) is 35.8 Å². The van der Waals surface area contributed by atoms with E-state index >= 15 is 0 Å². The fourth-order valence-corrected chi connectivity index (χ4v) is 2.03. The van der Waals surface area contributed by atoms with E-state index in [1.165, 1.54) is 0 Å². The van der Waals surface area contributed by atoms with Gasteiger partial charge in [0.2, 0.25) is 0 Å². The van der Waals surface area contributed by atoms with Gasteiger partial charge >= 0.3 is 0 Å². The van der Waals surface area contributed by atoms with Crippen molar-refractivity contribution in [1.29, 1.82) is 0 Å². The molecular formula is C16H19ClN4O. The smallest absolute Gasteiger partial charge is 0.276 e. The molecular weight excluding hydrogens is 300 g/mol. The molecule has 1 aromatic carbocycles. The van der Waals surface area contributed by atoms with E-state index in [9.17, 15) is 4.79 Å². The molecule has 0 aliphatic heterocycles. The zero-order valence-corrected chi connectivity index (χ0v) is 13.4. The first-order valence-corrected chi connectivity index (χ1v) is 7.63. The van der Waals surface area contributed by atoms with Crippen LogP contribution in [-0.2, 0) is 0 Å². The van der Waals surface area contributed by atoms with Crippen molar-refractivity contribution in [2.45, 2.75) is 26.7 Å². The number of benzene rings is 1. The lowest BCUT2D eigenvalue weighted by Crippen LogP contribution is -2.15. The first-order valence-electron chi connectivity index (χ1n) is 7.25. The Balaban J connectivity index is 2.02. The van der Waals surface area contributed by atoms with E-state index in [4.69, 9.17) is 11.6 Å². The summed E-state index contributed by atoms with van der Waals surface area (Å²) in [5.74, 6) is 0.363. The van der Waals surface area contributed by atoms with E-state index in [1.54, 1.807) is 24.3 Å². The van der Waals surface area contributed by atoms with E-state index in [0.717, 1.165) is 24.9 Å². The number of rotatable bonds is 6. The first kappa shape index (κ1) is 16.2. The van der Waals surface area contributed by atoms with Crippen LogP contribution >= 0.6 is 11.6 Å². The van der Waals surface area contributed by atoms with Crippen molar-refractivity contribution in [3.63, 3.8) is 0 Å². The largest absolute Gasteiger partial charge is 0.369 e. The summed E-state index contributed by atoms with van der Waals surface area (Å²) in [6.45, 7) is 4.87. The zero-order chi connectivity index (χ0) is 15.9. The van der Waals surface area contributed by atoms with Crippen molar-refractivity contribution in [3.05, 3.63) is 46.6 Å². The van der Waals surface area contributed by atoms with Gasteiger partial charge in [-0.3, -0.25) is 4.79 Å². The van der Waals surface area contributed by atoms with E-state index in [0.29, 0.717) is 16.5 Å². The highest BCUT2D eigenvalue weighted by molar-refractivity contribution is 6.31. The molecule has 5 nitrogen and oxygen atoms in total. The SMILES string of the molecule is CCCCNc1ccc(C(=O)Nc2cc(Cl)ccc2C)nn1. The maximum absolute atomic E-state index is 12.2. The topological polar surface area (TPSA) is 66.9 Å². The number of aromatic nitrogens is 2. The molecule has 1 amide bonds. The summed E-state index contributed by atoms with van der Waals surface area (Å²) in [6, 6.07) is 8.75. The Morgan fingerprint density at radius 1 is 1.23 bits per heavy atom. The molecule has 6 heteroatoms. The Kier molecular flexibility index (Phi) is 5.72. The lowest BCUT2D eigenvalue weighted by atomic mass is 10.2. The molecule has 0 aliphatic rings. The fraction of sp³-hybridized carbons (Fsp3) is 0.312. The quantitative estimate of drug-likeness (QED) is 0.793. The number of unbranched alkanes of at least 4 members (excludes halogenated alkanes) is 1. The Hall–Kier alpha value is -2.14. The van der Waals surface area contributed by atoms with Crippen LogP contribution in [0, 0.1) is 6.92 Å². The number of hydrogen-bond donors (Lipinski definition) is 2. The van der Waals surface area contributed by atoms with Gasteiger partial charge in [-0.1, -0.05) is 31.0 Å². The minimum absolute atomic E-state index is 0.264. The highest BCUT2D eigenvalue weighted by Gasteiger charge is 2.10. The average Bonchev–Trinajstić information content (AvgIpc) is 2.52. The van der Waals surface area contributed by atoms with Gasteiger partial charge in [-0.2, -0.15) is 0 Å². The second-order valence-corrected chi connectivity index (χ2v) is 5.43. The van der Waals surface area contributed by atoms with Crippen molar-refractivity contribution < 1.29 is 4.79 Å². The zero-order valence-electron chi connectivity index (χ0n) is 12.7. The molecule has 0 aliphatic carbocycles. The second-order valence-electron chi connectivity index (χ2n) is 5.00. The van der Waals surface area contributed by atoms with E-state index in [-0.39, 0.29) is 11.6 Å². The Bertz CT molecular complexity index is 643. The number of amides is 1. The standard InChI is InChI=1S/C16H19ClN4O/c1-3-4-9-18-15-8-7-13(20-21-15)16(22)19-14-10-12(17)6-5-11(14)2/h5-8,10H,3-4,9H2,1-2H3,(H,18,21)(H,19,22). The molecule has 1 aromatic heterocycles. The molecule has 1 heterocycles. The van der Waals surface area contributed by atoms with Gasteiger partial charge in [-0.25, -0.2) is 0 Å². The predicted molar refractivity (Wildman–Crippen MR) is 89.6 cm³/mol. The molecule has 0 bridgehead atoms. The monoisotopic (exact) mass is 318 g/mol. The molecule has 0 radical (unpaired) electrons. The molecule has 0 fully saturated rings. The predicted octanol–water partition coefficient (Wildman–Crippen LogP) is 3.90. The van der Waals surface area contributed by atoms with Crippen LogP contribution in [0.2, 0.25) is 5.02 Å². The summed E-state index contributed by atoms with van der Waals surface area (Å²) < 4.78 is 0. The summed E-state index contributed by atoms with van der Waals surface area (Å²) in [4.78, 5) is 12.2. The van der Waals surface area contributed by atoms with E-state index in [1.807, 2.05) is 13.0 Å². The molecule has 0 saturated carbocycles. The van der Waals surface area contributed by atoms with Gasteiger partial charge in [0, 0.05) is 17.3 Å². The van der Waals surface area contributed by atoms with Gasteiger partial charge in [0.1, 0.15) is 5.82 Å². The molecule has 2 rings (SSSR count). The van der Waals surface area contributed by atoms with Crippen molar-refractivity contribution in [1.82, 2.24) is 10.2 Å². The van der Waals surface area contributed by atoms with Crippen molar-refractivity contribution in [3.8, 4) is 0 Å². The molecule has 116 valence electrons. The van der Waals surface area contributed by atoms with Crippen LogP contribution in [0.3, 0.4) is 0 Å². The van der Waals surface area contributed by atoms with Gasteiger partial charge in [-0.15, -0.1) is 10.2 Å². The van der Waals surface area contributed by atoms with Crippen molar-refractivity contribution in [2.75, 3.05) is 17.2 Å². The minimum Gasteiger partial charge on any atom is -0.369 e. The first-order chi connectivity index (χ1) is 10.6. The van der Waals surface area contributed by atoms with Crippen LogP contribution in [0.4, 0.5) is 11.5 Å². The highest BCUT2D eigenvalue weighted by atomic mass is 35.5. The molecule has 2 aromatic rings. The van der Waals surface area contributed by atoms with Crippen LogP contribution in [0.5, 0.6) is 0 Å². The van der Waals surface area contributed by atoms with Crippen LogP contribution in [0.15, 0.2) is 30.3 Å². The summed E-state index contributed by atoms with van der Waals surface area (Å²) in [6.07, 6.45) is 2.18. The van der Waals surface area contributed by atoms with Gasteiger partial charge in [-0.05, 0) is 43.2 Å². The summed E-state index contributed by atoms with van der Waals surface area (Å²) >= 11 is 5.94. The number of hydrogen-bond acceptors (Lipinski definition) is 4. The third-order valence-corrected chi connectivity index (χ3v) is 3.42. The Morgan fingerprint density at radius 3 is 2.73 bits per heavy atom. The normalized spacial score (nSPS) is 10.3. The lowest BCUT2D eigenvalue weighted by molar-refractivity contribution is 0.102. The van der Waals surface area contributed by atoms with Gasteiger partial charge in [0.25, 0.3) is 5.91 Å². The van der Waals surface area contributed by atoms with E-state index in [2.05, 4.69) is 27.8 Å². The maximum Gasteiger partial charge on any atom is 0.276 e. The van der Waals surface area contributed by atoms with Gasteiger partial charge in [0.15, 0.2) is 5.69 Å². The lowest BCUT2D eigenvalue weighted by Gasteiger charge is -2.08. The van der Waals surface area contributed by atoms with Gasteiger partial charge < -0.3 is 10.6 Å².